The molecule has 3 N–H and O–H groups in total. The fraction of sp³-hybridized carbons (Fsp3) is 0.625. The molecule has 0 spiro atoms. The van der Waals surface area contributed by atoms with Gasteiger partial charge >= 0.3 is 0 Å². The highest BCUT2D eigenvalue weighted by Gasteiger charge is 2.08. The number of aryl methyl sites for hydroxylation is 1. The molecule has 0 bridgehead atoms. The summed E-state index contributed by atoms with van der Waals surface area (Å²) in [6.07, 6.45) is 5.26. The second kappa shape index (κ2) is 9.12. The van der Waals surface area contributed by atoms with Gasteiger partial charge in [-0.25, -0.2) is 0 Å². The van der Waals surface area contributed by atoms with Gasteiger partial charge in [-0.05, 0) is 25.5 Å². The maximum absolute atomic E-state index is 5.87. The van der Waals surface area contributed by atoms with E-state index in [9.17, 15) is 0 Å². The van der Waals surface area contributed by atoms with Crippen LogP contribution in [0.1, 0.15) is 49.7 Å². The van der Waals surface area contributed by atoms with Crippen molar-refractivity contribution in [3.63, 3.8) is 0 Å². The molecule has 1 aromatic carbocycles. The molecule has 0 saturated carbocycles. The Bertz CT molecular complexity index is 305. The normalized spacial score (nSPS) is 12.6. The monoisotopic (exact) mass is 248 g/mol. The average Bonchev–Trinajstić information content (AvgIpc) is 2.39. The molecular weight excluding hydrogens is 220 g/mol. The van der Waals surface area contributed by atoms with Gasteiger partial charge in [-0.15, -0.1) is 0 Å². The van der Waals surface area contributed by atoms with E-state index in [-0.39, 0.29) is 0 Å². The molecule has 1 unspecified atom stereocenters. The Hall–Kier alpha value is -0.860. The van der Waals surface area contributed by atoms with Crippen LogP contribution >= 0.6 is 0 Å². The predicted octanol–water partition coefficient (Wildman–Crippen LogP) is 3.21. The highest BCUT2D eigenvalue weighted by atomic mass is 14.9. The molecule has 0 heterocycles. The molecule has 2 heteroatoms. The number of nitrogens with two attached hydrogens (primary N) is 1. The molecular formula is C16H28N2. The van der Waals surface area contributed by atoms with E-state index in [1.807, 2.05) is 0 Å². The summed E-state index contributed by atoms with van der Waals surface area (Å²) in [4.78, 5) is 0. The number of hydrogen-bond acceptors (Lipinski definition) is 2. The summed E-state index contributed by atoms with van der Waals surface area (Å²) in [5.74, 6) is 0.441. The van der Waals surface area contributed by atoms with Gasteiger partial charge in [-0.1, -0.05) is 56.0 Å². The topological polar surface area (TPSA) is 38.0 Å². The van der Waals surface area contributed by atoms with E-state index in [0.717, 1.165) is 13.1 Å². The van der Waals surface area contributed by atoms with Gasteiger partial charge in [-0.2, -0.15) is 0 Å². The molecule has 0 aromatic heterocycles. The van der Waals surface area contributed by atoms with Crippen LogP contribution in [0.15, 0.2) is 24.3 Å². The van der Waals surface area contributed by atoms with E-state index in [2.05, 4.69) is 43.4 Å². The predicted molar refractivity (Wildman–Crippen MR) is 80.0 cm³/mol. The van der Waals surface area contributed by atoms with Crippen molar-refractivity contribution in [1.29, 1.82) is 0 Å². The lowest BCUT2D eigenvalue weighted by Gasteiger charge is -2.16. The summed E-state index contributed by atoms with van der Waals surface area (Å²) in [6.45, 7) is 7.18. The SMILES string of the molecule is CCCCCCNCC(CN)c1ccc(C)cc1. The van der Waals surface area contributed by atoms with Crippen molar-refractivity contribution in [3.05, 3.63) is 35.4 Å². The van der Waals surface area contributed by atoms with Crippen molar-refractivity contribution in [3.8, 4) is 0 Å². The second-order valence-electron chi connectivity index (χ2n) is 5.11. The van der Waals surface area contributed by atoms with E-state index in [1.165, 1.54) is 36.8 Å². The number of unbranched alkanes of at least 4 members (excludes halogenated alkanes) is 3. The molecule has 0 aliphatic carbocycles. The van der Waals surface area contributed by atoms with Gasteiger partial charge < -0.3 is 11.1 Å². The highest BCUT2D eigenvalue weighted by molar-refractivity contribution is 5.25. The summed E-state index contributed by atoms with van der Waals surface area (Å²) in [7, 11) is 0. The zero-order chi connectivity index (χ0) is 13.2. The zero-order valence-corrected chi connectivity index (χ0v) is 11.9. The number of benzene rings is 1. The van der Waals surface area contributed by atoms with Crippen LogP contribution < -0.4 is 11.1 Å². The standard InChI is InChI=1S/C16H28N2/c1-3-4-5-6-11-18-13-16(12-17)15-9-7-14(2)8-10-15/h7-10,16,18H,3-6,11-13,17H2,1-2H3. The molecule has 1 atom stereocenters. The Balaban J connectivity index is 2.27. The Kier molecular flexibility index (Phi) is 7.70. The van der Waals surface area contributed by atoms with E-state index >= 15 is 0 Å². The quantitative estimate of drug-likeness (QED) is 0.659. The van der Waals surface area contributed by atoms with E-state index in [1.54, 1.807) is 0 Å². The van der Waals surface area contributed by atoms with Crippen molar-refractivity contribution >= 4 is 0 Å². The fourth-order valence-electron chi connectivity index (χ4n) is 2.13. The van der Waals surface area contributed by atoms with Gasteiger partial charge in [-0.3, -0.25) is 0 Å². The third-order valence-corrected chi connectivity index (χ3v) is 3.43. The fourth-order valence-corrected chi connectivity index (χ4v) is 2.13. The first-order valence-corrected chi connectivity index (χ1v) is 7.25. The molecule has 18 heavy (non-hydrogen) atoms. The van der Waals surface area contributed by atoms with Crippen molar-refractivity contribution < 1.29 is 0 Å². The van der Waals surface area contributed by atoms with Crippen LogP contribution in [0.5, 0.6) is 0 Å². The zero-order valence-electron chi connectivity index (χ0n) is 11.9. The van der Waals surface area contributed by atoms with Crippen LogP contribution in [0.2, 0.25) is 0 Å². The third kappa shape index (κ3) is 5.65. The Labute approximate surface area is 112 Å². The van der Waals surface area contributed by atoms with Gasteiger partial charge in [0.25, 0.3) is 0 Å². The Morgan fingerprint density at radius 3 is 2.44 bits per heavy atom. The minimum absolute atomic E-state index is 0.441. The molecule has 0 radical (unpaired) electrons. The lowest BCUT2D eigenvalue weighted by molar-refractivity contribution is 0.554. The molecule has 1 aromatic rings. The number of rotatable bonds is 9. The van der Waals surface area contributed by atoms with Crippen LogP contribution in [0.4, 0.5) is 0 Å². The molecule has 0 aliphatic heterocycles. The summed E-state index contributed by atoms with van der Waals surface area (Å²) in [6, 6.07) is 8.73. The molecule has 102 valence electrons. The first kappa shape index (κ1) is 15.2. The van der Waals surface area contributed by atoms with Crippen LogP contribution in [-0.2, 0) is 0 Å². The lowest BCUT2D eigenvalue weighted by Crippen LogP contribution is -2.27. The van der Waals surface area contributed by atoms with Gasteiger partial charge in [0.05, 0.1) is 0 Å². The van der Waals surface area contributed by atoms with E-state index < -0.39 is 0 Å². The van der Waals surface area contributed by atoms with E-state index in [4.69, 9.17) is 5.73 Å². The molecule has 2 nitrogen and oxygen atoms in total. The average molecular weight is 248 g/mol. The van der Waals surface area contributed by atoms with E-state index in [0.29, 0.717) is 12.5 Å². The van der Waals surface area contributed by atoms with Gasteiger partial charge in [0.1, 0.15) is 0 Å². The first-order chi connectivity index (χ1) is 8.77. The highest BCUT2D eigenvalue weighted by Crippen LogP contribution is 2.14. The Morgan fingerprint density at radius 1 is 1.11 bits per heavy atom. The minimum Gasteiger partial charge on any atom is -0.330 e. The molecule has 1 rings (SSSR count). The smallest absolute Gasteiger partial charge is 0.00863 e. The van der Waals surface area contributed by atoms with Gasteiger partial charge in [0.15, 0.2) is 0 Å². The summed E-state index contributed by atoms with van der Waals surface area (Å²) in [5, 5.41) is 3.53. The van der Waals surface area contributed by atoms with Crippen molar-refractivity contribution in [2.24, 2.45) is 5.73 Å². The number of nitrogens with one attached hydrogen (secondary N) is 1. The molecule has 0 fully saturated rings. The Morgan fingerprint density at radius 2 is 1.83 bits per heavy atom. The van der Waals surface area contributed by atoms with Crippen molar-refractivity contribution in [2.45, 2.75) is 45.4 Å². The van der Waals surface area contributed by atoms with Crippen LogP contribution in [0.3, 0.4) is 0 Å². The van der Waals surface area contributed by atoms with Crippen LogP contribution in [0.25, 0.3) is 0 Å². The summed E-state index contributed by atoms with van der Waals surface area (Å²) >= 11 is 0. The maximum atomic E-state index is 5.87. The third-order valence-electron chi connectivity index (χ3n) is 3.43. The summed E-state index contributed by atoms with van der Waals surface area (Å²) < 4.78 is 0. The largest absolute Gasteiger partial charge is 0.330 e. The first-order valence-electron chi connectivity index (χ1n) is 7.25. The van der Waals surface area contributed by atoms with Crippen molar-refractivity contribution in [1.82, 2.24) is 5.32 Å². The summed E-state index contributed by atoms with van der Waals surface area (Å²) in [5.41, 5.74) is 8.52. The molecule has 0 saturated heterocycles. The van der Waals surface area contributed by atoms with Crippen LogP contribution in [0, 0.1) is 6.92 Å². The maximum Gasteiger partial charge on any atom is 0.00863 e. The van der Waals surface area contributed by atoms with Crippen LogP contribution in [-0.4, -0.2) is 19.6 Å². The molecule has 0 aliphatic rings. The number of hydrogen-bond donors (Lipinski definition) is 2. The lowest BCUT2D eigenvalue weighted by atomic mass is 9.98. The van der Waals surface area contributed by atoms with Crippen molar-refractivity contribution in [2.75, 3.05) is 19.6 Å². The van der Waals surface area contributed by atoms with Gasteiger partial charge in [0, 0.05) is 19.0 Å². The minimum atomic E-state index is 0.441. The second-order valence-corrected chi connectivity index (χ2v) is 5.11. The van der Waals surface area contributed by atoms with Gasteiger partial charge in [0.2, 0.25) is 0 Å². The molecule has 0 amide bonds.